The van der Waals surface area contributed by atoms with Crippen LogP contribution in [-0.2, 0) is 10.0 Å². The van der Waals surface area contributed by atoms with Crippen molar-refractivity contribution in [1.29, 1.82) is 0 Å². The van der Waals surface area contributed by atoms with Gasteiger partial charge in [0.05, 0.1) is 11.4 Å². The third-order valence-corrected chi connectivity index (χ3v) is 8.06. The average Bonchev–Trinajstić information content (AvgIpc) is 3.30. The Hall–Kier alpha value is -3.31. The summed E-state index contributed by atoms with van der Waals surface area (Å²) in [5, 5.41) is 4.26. The number of carbonyl (C=O) groups excluding carboxylic acids is 1. The first-order valence-electron chi connectivity index (χ1n) is 13.0. The third kappa shape index (κ3) is 6.76. The largest absolute Gasteiger partial charge is 0.380 e. The summed E-state index contributed by atoms with van der Waals surface area (Å²) in [6.07, 6.45) is 3.50. The van der Waals surface area contributed by atoms with Crippen LogP contribution in [0.15, 0.2) is 42.6 Å². The molecule has 0 atom stereocenters. The van der Waals surface area contributed by atoms with Crippen LogP contribution in [0.25, 0.3) is 10.9 Å². The second-order valence-electron chi connectivity index (χ2n) is 10.5. The fourth-order valence-corrected chi connectivity index (χ4v) is 5.94. The van der Waals surface area contributed by atoms with Crippen LogP contribution < -0.4 is 14.9 Å². The Balaban J connectivity index is 1.39. The molecule has 1 amide bonds. The fraction of sp³-hybridized carbons (Fsp3) is 0.481. The molecule has 0 bridgehead atoms. The summed E-state index contributed by atoms with van der Waals surface area (Å²) in [7, 11) is 2.29. The van der Waals surface area contributed by atoms with Crippen molar-refractivity contribution >= 4 is 44.0 Å². The van der Waals surface area contributed by atoms with Crippen LogP contribution in [0, 0.1) is 0 Å². The minimum atomic E-state index is -3.46. The molecule has 2 aromatic heterocycles. The van der Waals surface area contributed by atoms with E-state index in [1.165, 1.54) is 0 Å². The Bertz CT molecular complexity index is 1360. The van der Waals surface area contributed by atoms with E-state index in [4.69, 9.17) is 0 Å². The lowest BCUT2D eigenvalue weighted by Crippen LogP contribution is -2.46. The fourth-order valence-electron chi connectivity index (χ4n) is 4.75. The van der Waals surface area contributed by atoms with Gasteiger partial charge >= 0.3 is 0 Å². The Morgan fingerprint density at radius 3 is 2.58 bits per heavy atom. The third-order valence-electron chi connectivity index (χ3n) is 6.80. The van der Waals surface area contributed by atoms with Crippen molar-refractivity contribution in [3.05, 3.63) is 48.3 Å². The van der Waals surface area contributed by atoms with Gasteiger partial charge in [-0.3, -0.25) is 9.52 Å². The lowest BCUT2D eigenvalue weighted by molar-refractivity contribution is 0.0708. The van der Waals surface area contributed by atoms with Gasteiger partial charge in [0.1, 0.15) is 5.69 Å². The number of nitrogens with one attached hydrogen (secondary N) is 3. The summed E-state index contributed by atoms with van der Waals surface area (Å²) in [6, 6.07) is 11.6. The van der Waals surface area contributed by atoms with Crippen molar-refractivity contribution in [2.24, 2.45) is 0 Å². The molecule has 4 rings (SSSR count). The number of H-pyrrole nitrogens is 1. The summed E-state index contributed by atoms with van der Waals surface area (Å²) >= 11 is 0. The molecule has 1 fully saturated rings. The predicted molar refractivity (Wildman–Crippen MR) is 155 cm³/mol. The standard InChI is InChI=1S/C27H39N7O3S/c1-19(2)29-24-7-6-12-28-26(24)33(5)22-10-13-34(14-11-22)27(35)25-18-20-17-21(8-9-23(20)30-25)31-38(36,37)16-15-32(3)4/h6-9,12,17-19,22,29-31H,10-11,13-16H2,1-5H3. The number of fused-ring (bicyclic) bond motifs is 1. The van der Waals surface area contributed by atoms with E-state index in [1.807, 2.05) is 42.2 Å². The average molecular weight is 542 g/mol. The second kappa shape index (κ2) is 11.6. The van der Waals surface area contributed by atoms with Crippen molar-refractivity contribution in [3.8, 4) is 0 Å². The maximum absolute atomic E-state index is 13.3. The van der Waals surface area contributed by atoms with Crippen molar-refractivity contribution in [1.82, 2.24) is 19.8 Å². The van der Waals surface area contributed by atoms with E-state index in [9.17, 15) is 13.2 Å². The summed E-state index contributed by atoms with van der Waals surface area (Å²) in [6.45, 7) is 5.96. The van der Waals surface area contributed by atoms with Gasteiger partial charge in [0.25, 0.3) is 5.91 Å². The number of pyridine rings is 1. The Morgan fingerprint density at radius 1 is 1.16 bits per heavy atom. The number of aromatic amines is 1. The predicted octanol–water partition coefficient (Wildman–Crippen LogP) is 3.43. The van der Waals surface area contributed by atoms with Gasteiger partial charge < -0.3 is 25.0 Å². The number of hydrogen-bond acceptors (Lipinski definition) is 7. The molecule has 1 aliphatic rings. The maximum atomic E-state index is 13.3. The number of anilines is 3. The van der Waals surface area contributed by atoms with Crippen molar-refractivity contribution < 1.29 is 13.2 Å². The number of likely N-dealkylation sites (tertiary alicyclic amines) is 1. The molecule has 38 heavy (non-hydrogen) atoms. The normalized spacial score (nSPS) is 14.9. The van der Waals surface area contributed by atoms with E-state index in [2.05, 4.69) is 45.8 Å². The van der Waals surface area contributed by atoms with Crippen LogP contribution in [0.1, 0.15) is 37.2 Å². The number of nitrogens with zero attached hydrogens (tertiary/aromatic N) is 4. The van der Waals surface area contributed by atoms with Crippen molar-refractivity contribution in [2.45, 2.75) is 38.8 Å². The van der Waals surface area contributed by atoms with Crippen LogP contribution >= 0.6 is 0 Å². The monoisotopic (exact) mass is 541 g/mol. The highest BCUT2D eigenvalue weighted by atomic mass is 32.2. The highest BCUT2D eigenvalue weighted by molar-refractivity contribution is 7.92. The molecule has 11 heteroatoms. The SMILES string of the molecule is CC(C)Nc1cccnc1N(C)C1CCN(C(=O)c2cc3cc(NS(=O)(=O)CCN(C)C)ccc3[nH]2)CC1. The smallest absolute Gasteiger partial charge is 0.270 e. The Kier molecular flexibility index (Phi) is 8.47. The number of piperidine rings is 1. The number of rotatable bonds is 10. The van der Waals surface area contributed by atoms with Crippen molar-refractivity contribution in [3.63, 3.8) is 0 Å². The van der Waals surface area contributed by atoms with E-state index in [0.717, 1.165) is 35.2 Å². The van der Waals surface area contributed by atoms with Crippen LogP contribution in [0.2, 0.25) is 0 Å². The molecular formula is C27H39N7O3S. The lowest BCUT2D eigenvalue weighted by atomic mass is 10.0. The molecule has 0 spiro atoms. The van der Waals surface area contributed by atoms with Crippen LogP contribution in [0.3, 0.4) is 0 Å². The van der Waals surface area contributed by atoms with Crippen LogP contribution in [0.4, 0.5) is 17.2 Å². The molecule has 3 heterocycles. The number of amides is 1. The molecule has 1 saturated heterocycles. The van der Waals surface area contributed by atoms with Gasteiger partial charge in [-0.05, 0) is 77.2 Å². The molecule has 0 radical (unpaired) electrons. The summed E-state index contributed by atoms with van der Waals surface area (Å²) < 4.78 is 27.4. The van der Waals surface area contributed by atoms with E-state index in [0.29, 0.717) is 37.1 Å². The minimum Gasteiger partial charge on any atom is -0.380 e. The quantitative estimate of drug-likeness (QED) is 0.360. The molecule has 3 aromatic rings. The van der Waals surface area contributed by atoms with E-state index in [1.54, 1.807) is 24.3 Å². The van der Waals surface area contributed by atoms with E-state index < -0.39 is 10.0 Å². The molecular weight excluding hydrogens is 502 g/mol. The Morgan fingerprint density at radius 2 is 1.89 bits per heavy atom. The first-order chi connectivity index (χ1) is 18.0. The number of benzene rings is 1. The van der Waals surface area contributed by atoms with Gasteiger partial charge in [-0.2, -0.15) is 0 Å². The summed E-state index contributed by atoms with van der Waals surface area (Å²) in [5.74, 6) is 0.890. The lowest BCUT2D eigenvalue weighted by Gasteiger charge is -2.37. The first-order valence-corrected chi connectivity index (χ1v) is 14.7. The van der Waals surface area contributed by atoms with Gasteiger partial charge in [0.15, 0.2) is 5.82 Å². The highest BCUT2D eigenvalue weighted by Crippen LogP contribution is 2.28. The van der Waals surface area contributed by atoms with Crippen LogP contribution in [-0.4, -0.2) is 92.7 Å². The second-order valence-corrected chi connectivity index (χ2v) is 12.4. The Labute approximate surface area is 225 Å². The zero-order valence-electron chi connectivity index (χ0n) is 22.9. The molecule has 0 unspecified atom stereocenters. The molecule has 10 nitrogen and oxygen atoms in total. The van der Waals surface area contributed by atoms with E-state index >= 15 is 0 Å². The van der Waals surface area contributed by atoms with Gasteiger partial charge in [-0.1, -0.05) is 0 Å². The molecule has 0 saturated carbocycles. The number of hydrogen-bond donors (Lipinski definition) is 3. The topological polar surface area (TPSA) is 114 Å². The highest BCUT2D eigenvalue weighted by Gasteiger charge is 2.28. The summed E-state index contributed by atoms with van der Waals surface area (Å²) in [5.41, 5.74) is 2.80. The number of sulfonamides is 1. The molecule has 3 N–H and O–H groups in total. The number of aromatic nitrogens is 2. The molecule has 0 aliphatic carbocycles. The molecule has 206 valence electrons. The van der Waals surface area contributed by atoms with E-state index in [-0.39, 0.29) is 17.7 Å². The number of carbonyl (C=O) groups is 1. The molecule has 1 aromatic carbocycles. The van der Waals surface area contributed by atoms with Crippen LogP contribution in [0.5, 0.6) is 0 Å². The van der Waals surface area contributed by atoms with Gasteiger partial charge in [-0.15, -0.1) is 0 Å². The molecule has 1 aliphatic heterocycles. The van der Waals surface area contributed by atoms with Gasteiger partial charge in [0, 0.05) is 61.6 Å². The minimum absolute atomic E-state index is 0.00986. The maximum Gasteiger partial charge on any atom is 0.270 e. The summed E-state index contributed by atoms with van der Waals surface area (Å²) in [4.78, 5) is 27.0. The first kappa shape index (κ1) is 27.7. The van der Waals surface area contributed by atoms with Crippen molar-refractivity contribution in [2.75, 3.05) is 61.5 Å². The van der Waals surface area contributed by atoms with Gasteiger partial charge in [0.2, 0.25) is 10.0 Å². The zero-order valence-corrected chi connectivity index (χ0v) is 23.7. The van der Waals surface area contributed by atoms with Gasteiger partial charge in [-0.25, -0.2) is 13.4 Å². The zero-order chi connectivity index (χ0) is 27.4.